The van der Waals surface area contributed by atoms with E-state index in [1.165, 1.54) is 0 Å². The highest BCUT2D eigenvalue weighted by molar-refractivity contribution is 8.00. The molecule has 0 aliphatic rings. The van der Waals surface area contributed by atoms with Gasteiger partial charge in [-0.15, -0.1) is 11.8 Å². The average Bonchev–Trinajstić information content (AvgIpc) is 2.53. The first kappa shape index (κ1) is 15.4. The summed E-state index contributed by atoms with van der Waals surface area (Å²) in [4.78, 5) is 17.0. The van der Waals surface area contributed by atoms with Crippen LogP contribution in [0, 0.1) is 0 Å². The zero-order chi connectivity index (χ0) is 14.9. The molecule has 0 spiro atoms. The van der Waals surface area contributed by atoms with E-state index in [1.807, 2.05) is 49.4 Å². The van der Waals surface area contributed by atoms with E-state index < -0.39 is 0 Å². The molecule has 2 aromatic rings. The summed E-state index contributed by atoms with van der Waals surface area (Å²) in [6.07, 6.45) is 3.47. The van der Waals surface area contributed by atoms with Gasteiger partial charge in [0.1, 0.15) is 0 Å². The lowest BCUT2D eigenvalue weighted by Gasteiger charge is -2.12. The Morgan fingerprint density at radius 2 is 1.86 bits per heavy atom. The Kier molecular flexibility index (Phi) is 6.09. The minimum Gasteiger partial charge on any atom is -0.383 e. The number of amides is 1. The minimum absolute atomic E-state index is 0.0559. The number of benzene rings is 1. The molecule has 0 saturated carbocycles. The highest BCUT2D eigenvalue weighted by Crippen LogP contribution is 2.22. The van der Waals surface area contributed by atoms with Crippen molar-refractivity contribution in [2.24, 2.45) is 0 Å². The summed E-state index contributed by atoms with van der Waals surface area (Å²) in [5.41, 5.74) is 1.01. The molecule has 21 heavy (non-hydrogen) atoms. The molecule has 1 amide bonds. The van der Waals surface area contributed by atoms with Gasteiger partial charge in [0.2, 0.25) is 5.91 Å². The van der Waals surface area contributed by atoms with E-state index in [4.69, 9.17) is 0 Å². The van der Waals surface area contributed by atoms with Crippen LogP contribution in [0.1, 0.15) is 6.92 Å². The van der Waals surface area contributed by atoms with Crippen molar-refractivity contribution in [1.29, 1.82) is 0 Å². The van der Waals surface area contributed by atoms with Crippen molar-refractivity contribution < 1.29 is 4.79 Å². The molecule has 2 N–H and O–H groups in total. The van der Waals surface area contributed by atoms with Gasteiger partial charge >= 0.3 is 0 Å². The number of hydrogen-bond acceptors (Lipinski definition) is 4. The highest BCUT2D eigenvalue weighted by atomic mass is 32.2. The third-order valence-electron chi connectivity index (χ3n) is 2.86. The van der Waals surface area contributed by atoms with E-state index in [0.717, 1.165) is 10.6 Å². The summed E-state index contributed by atoms with van der Waals surface area (Å²) in [6, 6.07) is 13.8. The molecular formula is C16H19N3OS. The number of carbonyl (C=O) groups is 1. The van der Waals surface area contributed by atoms with E-state index in [9.17, 15) is 4.79 Å². The van der Waals surface area contributed by atoms with E-state index in [2.05, 4.69) is 15.6 Å². The van der Waals surface area contributed by atoms with Crippen LogP contribution in [0.4, 0.5) is 5.69 Å². The highest BCUT2D eigenvalue weighted by Gasteiger charge is 2.13. The van der Waals surface area contributed by atoms with Gasteiger partial charge in [0, 0.05) is 36.1 Å². The summed E-state index contributed by atoms with van der Waals surface area (Å²) in [5.74, 6) is 0.0559. The van der Waals surface area contributed by atoms with Crippen LogP contribution >= 0.6 is 11.8 Å². The molecular weight excluding hydrogens is 282 g/mol. The SMILES string of the molecule is CC(Sc1ccccc1)C(=O)NCCNc1ccncc1. The number of nitrogens with zero attached hydrogens (tertiary/aromatic N) is 1. The number of pyridine rings is 1. The molecule has 0 radical (unpaired) electrons. The van der Waals surface area contributed by atoms with Gasteiger partial charge in [0.25, 0.3) is 0 Å². The van der Waals surface area contributed by atoms with Gasteiger partial charge < -0.3 is 10.6 Å². The number of hydrogen-bond donors (Lipinski definition) is 2. The van der Waals surface area contributed by atoms with Crippen molar-refractivity contribution in [3.8, 4) is 0 Å². The third kappa shape index (κ3) is 5.47. The third-order valence-corrected chi connectivity index (χ3v) is 3.97. The molecule has 1 atom stereocenters. The molecule has 4 nitrogen and oxygen atoms in total. The number of nitrogens with one attached hydrogen (secondary N) is 2. The second-order valence-corrected chi connectivity index (χ2v) is 5.94. The fourth-order valence-electron chi connectivity index (χ4n) is 1.76. The second kappa shape index (κ2) is 8.32. The number of aromatic nitrogens is 1. The van der Waals surface area contributed by atoms with Gasteiger partial charge in [0.05, 0.1) is 5.25 Å². The maximum absolute atomic E-state index is 12.0. The first-order valence-electron chi connectivity index (χ1n) is 6.89. The lowest BCUT2D eigenvalue weighted by molar-refractivity contribution is -0.120. The fourth-order valence-corrected chi connectivity index (χ4v) is 2.68. The van der Waals surface area contributed by atoms with Crippen molar-refractivity contribution in [2.45, 2.75) is 17.1 Å². The second-order valence-electron chi connectivity index (χ2n) is 4.53. The van der Waals surface area contributed by atoms with Gasteiger partial charge in [-0.2, -0.15) is 0 Å². The van der Waals surface area contributed by atoms with Crippen LogP contribution in [0.3, 0.4) is 0 Å². The van der Waals surface area contributed by atoms with Crippen LogP contribution in [0.5, 0.6) is 0 Å². The van der Waals surface area contributed by atoms with Crippen molar-refractivity contribution in [2.75, 3.05) is 18.4 Å². The Bertz CT molecular complexity index is 548. The predicted octanol–water partition coefficient (Wildman–Crippen LogP) is 2.79. The minimum atomic E-state index is -0.103. The summed E-state index contributed by atoms with van der Waals surface area (Å²) in [6.45, 7) is 3.21. The van der Waals surface area contributed by atoms with Crippen LogP contribution in [0.25, 0.3) is 0 Å². The Morgan fingerprint density at radius 1 is 1.14 bits per heavy atom. The van der Waals surface area contributed by atoms with Crippen LogP contribution in [-0.4, -0.2) is 29.2 Å². The Hall–Kier alpha value is -2.01. The van der Waals surface area contributed by atoms with Crippen molar-refractivity contribution in [3.63, 3.8) is 0 Å². The Morgan fingerprint density at radius 3 is 2.57 bits per heavy atom. The molecule has 0 fully saturated rings. The van der Waals surface area contributed by atoms with Gasteiger partial charge in [-0.25, -0.2) is 0 Å². The lowest BCUT2D eigenvalue weighted by Crippen LogP contribution is -2.34. The zero-order valence-corrected chi connectivity index (χ0v) is 12.8. The number of anilines is 1. The van der Waals surface area contributed by atoms with Gasteiger partial charge in [-0.05, 0) is 31.2 Å². The van der Waals surface area contributed by atoms with Crippen LogP contribution < -0.4 is 10.6 Å². The van der Waals surface area contributed by atoms with Gasteiger partial charge in [-0.3, -0.25) is 9.78 Å². The molecule has 1 aromatic heterocycles. The fraction of sp³-hybridized carbons (Fsp3) is 0.250. The molecule has 5 heteroatoms. The van der Waals surface area contributed by atoms with E-state index in [0.29, 0.717) is 13.1 Å². The smallest absolute Gasteiger partial charge is 0.233 e. The first-order valence-corrected chi connectivity index (χ1v) is 7.77. The average molecular weight is 301 g/mol. The normalized spacial score (nSPS) is 11.7. The summed E-state index contributed by atoms with van der Waals surface area (Å²) in [5, 5.41) is 6.06. The van der Waals surface area contributed by atoms with E-state index in [1.54, 1.807) is 24.2 Å². The molecule has 0 saturated heterocycles. The summed E-state index contributed by atoms with van der Waals surface area (Å²) >= 11 is 1.57. The number of thioether (sulfide) groups is 1. The summed E-state index contributed by atoms with van der Waals surface area (Å²) in [7, 11) is 0. The van der Waals surface area contributed by atoms with Crippen molar-refractivity contribution >= 4 is 23.4 Å². The molecule has 1 heterocycles. The topological polar surface area (TPSA) is 54.0 Å². The van der Waals surface area contributed by atoms with Crippen LogP contribution in [0.2, 0.25) is 0 Å². The van der Waals surface area contributed by atoms with E-state index in [-0.39, 0.29) is 11.2 Å². The zero-order valence-electron chi connectivity index (χ0n) is 12.0. The van der Waals surface area contributed by atoms with Crippen LogP contribution in [-0.2, 0) is 4.79 Å². The molecule has 1 aromatic carbocycles. The molecule has 0 bridgehead atoms. The molecule has 0 aliphatic carbocycles. The lowest BCUT2D eigenvalue weighted by atomic mass is 10.4. The first-order chi connectivity index (χ1) is 10.3. The Labute approximate surface area is 129 Å². The molecule has 110 valence electrons. The number of carbonyl (C=O) groups excluding carboxylic acids is 1. The summed E-state index contributed by atoms with van der Waals surface area (Å²) < 4.78 is 0. The van der Waals surface area contributed by atoms with Crippen molar-refractivity contribution in [3.05, 3.63) is 54.9 Å². The molecule has 1 unspecified atom stereocenters. The predicted molar refractivity (Wildman–Crippen MR) is 87.5 cm³/mol. The Balaban J connectivity index is 1.67. The van der Waals surface area contributed by atoms with Crippen molar-refractivity contribution in [1.82, 2.24) is 10.3 Å². The largest absolute Gasteiger partial charge is 0.383 e. The maximum Gasteiger partial charge on any atom is 0.233 e. The molecule has 2 rings (SSSR count). The quantitative estimate of drug-likeness (QED) is 0.610. The monoisotopic (exact) mass is 301 g/mol. The van der Waals surface area contributed by atoms with Crippen LogP contribution in [0.15, 0.2) is 59.8 Å². The maximum atomic E-state index is 12.0. The molecule has 0 aliphatic heterocycles. The van der Waals surface area contributed by atoms with Gasteiger partial charge in [-0.1, -0.05) is 18.2 Å². The number of rotatable bonds is 7. The van der Waals surface area contributed by atoms with Gasteiger partial charge in [0.15, 0.2) is 0 Å². The standard InChI is InChI=1S/C16H19N3OS/c1-13(21-15-5-3-2-4-6-15)16(20)19-12-11-18-14-7-9-17-10-8-14/h2-10,13H,11-12H2,1H3,(H,17,18)(H,19,20). The van der Waals surface area contributed by atoms with E-state index >= 15 is 0 Å².